The van der Waals surface area contributed by atoms with Crippen LogP contribution in [0.25, 0.3) is 16.6 Å². The quantitative estimate of drug-likeness (QED) is 0.496. The highest BCUT2D eigenvalue weighted by atomic mass is 19.1. The van der Waals surface area contributed by atoms with Crippen molar-refractivity contribution < 1.29 is 33.7 Å². The first-order valence-electron chi connectivity index (χ1n) is 9.77. The molecule has 1 saturated heterocycles. The number of aromatic nitrogens is 2. The van der Waals surface area contributed by atoms with E-state index in [1.165, 1.54) is 6.07 Å². The molecule has 1 aliphatic heterocycles. The van der Waals surface area contributed by atoms with E-state index in [4.69, 9.17) is 19.7 Å². The number of hydrogen-bond donors (Lipinski definition) is 3. The van der Waals surface area contributed by atoms with E-state index < -0.39 is 11.9 Å². The average molecular weight is 443 g/mol. The third kappa shape index (κ3) is 6.13. The molecular formula is C22H22FN3O6. The van der Waals surface area contributed by atoms with Crippen LogP contribution in [0.4, 0.5) is 4.39 Å². The number of nitrogens with one attached hydrogen (secondary N) is 1. The summed E-state index contributed by atoms with van der Waals surface area (Å²) in [5, 5.41) is 24.2. The molecule has 1 atom stereocenters. The van der Waals surface area contributed by atoms with Gasteiger partial charge in [0, 0.05) is 25.2 Å². The van der Waals surface area contributed by atoms with Crippen LogP contribution in [0.15, 0.2) is 60.7 Å². The van der Waals surface area contributed by atoms with Gasteiger partial charge in [0.15, 0.2) is 0 Å². The first-order valence-corrected chi connectivity index (χ1v) is 9.77. The Hall–Kier alpha value is -3.76. The van der Waals surface area contributed by atoms with Crippen LogP contribution < -0.4 is 10.1 Å². The van der Waals surface area contributed by atoms with Crippen LogP contribution in [0.3, 0.4) is 0 Å². The second-order valence-electron chi connectivity index (χ2n) is 6.70. The Morgan fingerprint density at radius 1 is 1.16 bits per heavy atom. The summed E-state index contributed by atoms with van der Waals surface area (Å²) < 4.78 is 27.3. The van der Waals surface area contributed by atoms with Crippen molar-refractivity contribution in [2.24, 2.45) is 0 Å². The Morgan fingerprint density at radius 2 is 1.84 bits per heavy atom. The molecule has 0 aliphatic carbocycles. The highest BCUT2D eigenvalue weighted by Gasteiger charge is 2.18. The van der Waals surface area contributed by atoms with Gasteiger partial charge in [-0.15, -0.1) is 5.10 Å². The summed E-state index contributed by atoms with van der Waals surface area (Å²) in [6.45, 7) is 2.71. The topological polar surface area (TPSA) is 123 Å². The predicted octanol–water partition coefficient (Wildman–Crippen LogP) is 2.24. The molecule has 0 spiro atoms. The normalized spacial score (nSPS) is 15.8. The molecule has 2 heterocycles. The lowest BCUT2D eigenvalue weighted by Crippen LogP contribution is -2.41. The van der Waals surface area contributed by atoms with Gasteiger partial charge in [-0.3, -0.25) is 0 Å². The number of morpholine rings is 1. The largest absolute Gasteiger partial charge is 0.478 e. The van der Waals surface area contributed by atoms with Gasteiger partial charge in [-0.2, -0.15) is 0 Å². The van der Waals surface area contributed by atoms with Gasteiger partial charge in [0.2, 0.25) is 5.88 Å². The lowest BCUT2D eigenvalue weighted by Gasteiger charge is -2.23. The van der Waals surface area contributed by atoms with E-state index in [0.29, 0.717) is 36.9 Å². The van der Waals surface area contributed by atoms with E-state index in [1.54, 1.807) is 22.9 Å². The lowest BCUT2D eigenvalue weighted by atomic mass is 10.2. The zero-order chi connectivity index (χ0) is 22.9. The number of carboxylic acid groups (broad SMARTS) is 2. The third-order valence-corrected chi connectivity index (χ3v) is 4.41. The van der Waals surface area contributed by atoms with E-state index >= 15 is 0 Å². The summed E-state index contributed by atoms with van der Waals surface area (Å²) in [4.78, 5) is 19.1. The summed E-state index contributed by atoms with van der Waals surface area (Å²) in [5.74, 6) is -2.35. The summed E-state index contributed by atoms with van der Waals surface area (Å²) >= 11 is 0. The third-order valence-electron chi connectivity index (χ3n) is 4.41. The fourth-order valence-corrected chi connectivity index (χ4v) is 2.99. The molecule has 3 aromatic rings. The van der Waals surface area contributed by atoms with Gasteiger partial charge in [0.1, 0.15) is 24.2 Å². The molecule has 0 bridgehead atoms. The van der Waals surface area contributed by atoms with Gasteiger partial charge in [-0.1, -0.05) is 24.3 Å². The Morgan fingerprint density at radius 3 is 2.50 bits per heavy atom. The predicted molar refractivity (Wildman–Crippen MR) is 114 cm³/mol. The van der Waals surface area contributed by atoms with Crippen LogP contribution in [0, 0.1) is 5.82 Å². The summed E-state index contributed by atoms with van der Waals surface area (Å²) in [5.41, 5.74) is 1.21. The molecule has 1 aromatic heterocycles. The molecule has 9 nitrogen and oxygen atoms in total. The first kappa shape index (κ1) is 22.9. The van der Waals surface area contributed by atoms with Crippen molar-refractivity contribution in [1.82, 2.24) is 15.1 Å². The molecule has 0 amide bonds. The number of carboxylic acids is 2. The van der Waals surface area contributed by atoms with Crippen LogP contribution in [-0.2, 0) is 14.3 Å². The maximum absolute atomic E-state index is 14.2. The van der Waals surface area contributed by atoms with E-state index in [-0.39, 0.29) is 11.9 Å². The van der Waals surface area contributed by atoms with Gasteiger partial charge in [0.05, 0.1) is 17.5 Å². The zero-order valence-electron chi connectivity index (χ0n) is 17.0. The van der Waals surface area contributed by atoms with Crippen LogP contribution in [-0.4, -0.2) is 64.3 Å². The minimum absolute atomic E-state index is 0.00359. The fraction of sp³-hybridized carbons (Fsp3) is 0.227. The number of halogens is 1. The molecule has 0 radical (unpaired) electrons. The molecular weight excluding hydrogens is 421 g/mol. The standard InChI is InChI=1S/C18H18FN3O2.C4H4O4/c19-15-6-2-4-8-17(15)22-16-7-3-1-5-14(16)18(21-22)24-12-13-11-20-9-10-23-13;5-3(6)1-2-4(7)8/h1-8,13,20H,9-12H2;1-2H,(H,5,6)(H,7,8)/t13-;/m0./s1. The van der Waals surface area contributed by atoms with Crippen LogP contribution in [0.5, 0.6) is 5.88 Å². The van der Waals surface area contributed by atoms with Crippen molar-refractivity contribution in [2.75, 3.05) is 26.3 Å². The van der Waals surface area contributed by atoms with Gasteiger partial charge in [-0.25, -0.2) is 18.7 Å². The second kappa shape index (κ2) is 11.0. The van der Waals surface area contributed by atoms with Crippen molar-refractivity contribution in [3.05, 3.63) is 66.5 Å². The Balaban J connectivity index is 0.000000312. The number of hydrogen-bond acceptors (Lipinski definition) is 6. The molecule has 3 N–H and O–H groups in total. The van der Waals surface area contributed by atoms with Crippen molar-refractivity contribution >= 4 is 22.8 Å². The zero-order valence-corrected chi connectivity index (χ0v) is 17.0. The van der Waals surface area contributed by atoms with E-state index in [9.17, 15) is 14.0 Å². The number of aliphatic carboxylic acids is 2. The monoisotopic (exact) mass is 443 g/mol. The van der Waals surface area contributed by atoms with Crippen LogP contribution in [0.1, 0.15) is 0 Å². The van der Waals surface area contributed by atoms with Crippen molar-refractivity contribution in [1.29, 1.82) is 0 Å². The van der Waals surface area contributed by atoms with E-state index in [0.717, 1.165) is 24.0 Å². The highest BCUT2D eigenvalue weighted by Crippen LogP contribution is 2.28. The minimum Gasteiger partial charge on any atom is -0.478 e. The van der Waals surface area contributed by atoms with Gasteiger partial charge >= 0.3 is 11.9 Å². The summed E-state index contributed by atoms with van der Waals surface area (Å²) in [7, 11) is 0. The molecule has 168 valence electrons. The number of fused-ring (bicyclic) bond motifs is 1. The van der Waals surface area contributed by atoms with Gasteiger partial charge in [-0.05, 0) is 24.3 Å². The van der Waals surface area contributed by atoms with Crippen molar-refractivity contribution in [2.45, 2.75) is 6.10 Å². The molecule has 32 heavy (non-hydrogen) atoms. The maximum Gasteiger partial charge on any atom is 0.328 e. The van der Waals surface area contributed by atoms with E-state index in [1.807, 2.05) is 24.3 Å². The van der Waals surface area contributed by atoms with Crippen LogP contribution in [0.2, 0.25) is 0 Å². The molecule has 0 unspecified atom stereocenters. The number of carbonyl (C=O) groups is 2. The van der Waals surface area contributed by atoms with E-state index in [2.05, 4.69) is 10.4 Å². The first-order chi connectivity index (χ1) is 15.5. The van der Waals surface area contributed by atoms with Crippen LogP contribution >= 0.6 is 0 Å². The smallest absolute Gasteiger partial charge is 0.328 e. The summed E-state index contributed by atoms with van der Waals surface area (Å²) in [6.07, 6.45) is 1.11. The SMILES string of the molecule is Fc1ccccc1-n1nc(OC[C@@H]2CNCCO2)c2ccccc21.O=C(O)C=CC(=O)O. The number of ether oxygens (including phenoxy) is 2. The molecule has 1 aliphatic rings. The fourth-order valence-electron chi connectivity index (χ4n) is 2.99. The van der Waals surface area contributed by atoms with Crippen molar-refractivity contribution in [3.63, 3.8) is 0 Å². The van der Waals surface area contributed by atoms with Gasteiger partial charge < -0.3 is 25.0 Å². The molecule has 4 rings (SSSR count). The Kier molecular flexibility index (Phi) is 7.90. The number of rotatable bonds is 6. The molecule has 10 heteroatoms. The van der Waals surface area contributed by atoms with Crippen molar-refractivity contribution in [3.8, 4) is 11.6 Å². The second-order valence-corrected chi connectivity index (χ2v) is 6.70. The maximum atomic E-state index is 14.2. The average Bonchev–Trinajstić information content (AvgIpc) is 3.16. The minimum atomic E-state index is -1.26. The lowest BCUT2D eigenvalue weighted by molar-refractivity contribution is -0.134. The number of para-hydroxylation sites is 2. The Bertz CT molecular complexity index is 1090. The number of nitrogens with zero attached hydrogens (tertiary/aromatic N) is 2. The molecule has 2 aromatic carbocycles. The summed E-state index contributed by atoms with van der Waals surface area (Å²) in [6, 6.07) is 14.2. The van der Waals surface area contributed by atoms with Gasteiger partial charge in [0.25, 0.3) is 0 Å². The molecule has 1 fully saturated rings. The number of benzene rings is 2. The Labute approximate surface area is 182 Å². The highest BCUT2D eigenvalue weighted by molar-refractivity contribution is 5.89. The molecule has 0 saturated carbocycles.